The molecule has 2 aliphatic heterocycles. The van der Waals surface area contributed by atoms with Crippen LogP contribution in [0.15, 0.2) is 42.5 Å². The number of hydrogen-bond acceptors (Lipinski definition) is 6. The maximum atomic E-state index is 6.39. The Kier molecular flexibility index (Phi) is 9.52. The molecular weight excluding hydrogens is 427 g/mol. The molecule has 30 heavy (non-hydrogen) atoms. The molecule has 8 heteroatoms. The van der Waals surface area contributed by atoms with Gasteiger partial charge >= 0.3 is 0 Å². The van der Waals surface area contributed by atoms with Crippen LogP contribution in [-0.2, 0) is 11.3 Å². The molecular formula is C22H30Cl2N2O4. The Morgan fingerprint density at radius 3 is 2.33 bits per heavy atom. The summed E-state index contributed by atoms with van der Waals surface area (Å²) in [7, 11) is 3.32. The van der Waals surface area contributed by atoms with Crippen LogP contribution in [0.3, 0.4) is 0 Å². The summed E-state index contributed by atoms with van der Waals surface area (Å²) >= 11 is 0. The van der Waals surface area contributed by atoms with Gasteiger partial charge in [0.2, 0.25) is 0 Å². The second-order valence-electron chi connectivity index (χ2n) is 7.15. The van der Waals surface area contributed by atoms with Crippen molar-refractivity contribution in [3.8, 4) is 17.2 Å². The summed E-state index contributed by atoms with van der Waals surface area (Å²) in [5.41, 5.74) is 2.23. The topological polar surface area (TPSA) is 52.2 Å². The highest BCUT2D eigenvalue weighted by Gasteiger charge is 2.36. The van der Waals surface area contributed by atoms with Crippen molar-refractivity contribution in [3.63, 3.8) is 0 Å². The van der Waals surface area contributed by atoms with E-state index in [0.717, 1.165) is 49.0 Å². The van der Waals surface area contributed by atoms with Crippen molar-refractivity contribution in [3.05, 3.63) is 53.6 Å². The Balaban J connectivity index is 0.00000160. The SMILES string of the molecule is COc1cc(CO[C@@H]2COc3ccccc3[C@H]2N2CCNCC2)cc(OC)c1.Cl.Cl. The van der Waals surface area contributed by atoms with Crippen molar-refractivity contribution in [1.29, 1.82) is 0 Å². The molecule has 6 nitrogen and oxygen atoms in total. The number of nitrogens with zero attached hydrogens (tertiary/aromatic N) is 1. The number of ether oxygens (including phenoxy) is 4. The Morgan fingerprint density at radius 2 is 1.67 bits per heavy atom. The molecule has 2 heterocycles. The smallest absolute Gasteiger partial charge is 0.124 e. The molecule has 166 valence electrons. The monoisotopic (exact) mass is 456 g/mol. The van der Waals surface area contributed by atoms with E-state index < -0.39 is 0 Å². The summed E-state index contributed by atoms with van der Waals surface area (Å²) in [6, 6.07) is 14.3. The van der Waals surface area contributed by atoms with Crippen molar-refractivity contribution in [1.82, 2.24) is 10.2 Å². The Bertz CT molecular complexity index is 780. The minimum atomic E-state index is -0.0369. The molecule has 0 radical (unpaired) electrons. The third-order valence-electron chi connectivity index (χ3n) is 5.41. The molecule has 0 unspecified atom stereocenters. The summed E-state index contributed by atoms with van der Waals surface area (Å²) in [4.78, 5) is 2.51. The van der Waals surface area contributed by atoms with E-state index in [4.69, 9.17) is 18.9 Å². The van der Waals surface area contributed by atoms with Gasteiger partial charge in [0, 0.05) is 37.8 Å². The fraction of sp³-hybridized carbons (Fsp3) is 0.455. The van der Waals surface area contributed by atoms with Gasteiger partial charge in [-0.3, -0.25) is 4.90 Å². The Labute approximate surface area is 190 Å². The van der Waals surface area contributed by atoms with Crippen LogP contribution in [-0.4, -0.2) is 58.0 Å². The number of nitrogens with one attached hydrogen (secondary N) is 1. The third kappa shape index (κ3) is 5.50. The van der Waals surface area contributed by atoms with Gasteiger partial charge in [0.1, 0.15) is 30.0 Å². The maximum Gasteiger partial charge on any atom is 0.124 e. The van der Waals surface area contributed by atoms with Crippen LogP contribution >= 0.6 is 24.8 Å². The molecule has 1 saturated heterocycles. The standard InChI is InChI=1S/C22H28N2O4.2ClH/c1-25-17-11-16(12-18(13-17)26-2)14-27-21-15-28-20-6-4-3-5-19(20)22(21)24-9-7-23-8-10-24;;/h3-6,11-13,21-23H,7-10,14-15H2,1-2H3;2*1H/t21-,22-;;/m1../s1. The van der Waals surface area contributed by atoms with Crippen molar-refractivity contribution < 1.29 is 18.9 Å². The predicted octanol–water partition coefficient (Wildman–Crippen LogP) is 3.47. The van der Waals surface area contributed by atoms with Crippen LogP contribution in [0.2, 0.25) is 0 Å². The third-order valence-corrected chi connectivity index (χ3v) is 5.41. The second kappa shape index (κ2) is 11.6. The number of methoxy groups -OCH3 is 2. The zero-order valence-corrected chi connectivity index (χ0v) is 19.0. The number of fused-ring (bicyclic) bond motifs is 1. The van der Waals surface area contributed by atoms with E-state index in [2.05, 4.69) is 22.3 Å². The summed E-state index contributed by atoms with van der Waals surface area (Å²) in [5, 5.41) is 3.43. The first-order chi connectivity index (χ1) is 13.8. The molecule has 2 aliphatic rings. The highest BCUT2D eigenvalue weighted by molar-refractivity contribution is 5.85. The fourth-order valence-electron chi connectivity index (χ4n) is 4.00. The second-order valence-corrected chi connectivity index (χ2v) is 7.15. The van der Waals surface area contributed by atoms with Crippen molar-refractivity contribution >= 4 is 24.8 Å². The zero-order chi connectivity index (χ0) is 19.3. The highest BCUT2D eigenvalue weighted by Crippen LogP contribution is 2.38. The largest absolute Gasteiger partial charge is 0.497 e. The van der Waals surface area contributed by atoms with Gasteiger partial charge in [-0.1, -0.05) is 18.2 Å². The van der Waals surface area contributed by atoms with Gasteiger partial charge in [-0.2, -0.15) is 0 Å². The normalized spacial score (nSPS) is 20.7. The molecule has 2 aromatic rings. The molecule has 2 aromatic carbocycles. The van der Waals surface area contributed by atoms with Crippen molar-refractivity contribution in [2.75, 3.05) is 47.0 Å². The zero-order valence-electron chi connectivity index (χ0n) is 17.3. The van der Waals surface area contributed by atoms with Crippen LogP contribution in [0.1, 0.15) is 17.2 Å². The Morgan fingerprint density at radius 1 is 1.00 bits per heavy atom. The Hall–Kier alpha value is -1.70. The van der Waals surface area contributed by atoms with Crippen molar-refractivity contribution in [2.24, 2.45) is 0 Å². The summed E-state index contributed by atoms with van der Waals surface area (Å²) in [6.45, 7) is 5.04. The molecule has 4 rings (SSSR count). The van der Waals surface area contributed by atoms with Gasteiger partial charge in [-0.25, -0.2) is 0 Å². The molecule has 0 bridgehead atoms. The lowest BCUT2D eigenvalue weighted by molar-refractivity contribution is -0.0617. The van der Waals surface area contributed by atoms with Gasteiger partial charge in [-0.15, -0.1) is 24.8 Å². The molecule has 0 saturated carbocycles. The molecule has 2 atom stereocenters. The van der Waals surface area contributed by atoms with Gasteiger partial charge in [0.05, 0.1) is 26.9 Å². The van der Waals surface area contributed by atoms with E-state index in [0.29, 0.717) is 13.2 Å². The lowest BCUT2D eigenvalue weighted by Crippen LogP contribution is -2.51. The number of rotatable bonds is 6. The van der Waals surface area contributed by atoms with E-state index >= 15 is 0 Å². The minimum Gasteiger partial charge on any atom is -0.497 e. The van der Waals surface area contributed by atoms with E-state index in [1.807, 2.05) is 30.3 Å². The number of hydrogen-bond donors (Lipinski definition) is 1. The van der Waals surface area contributed by atoms with E-state index in [1.165, 1.54) is 5.56 Å². The number of piperazine rings is 1. The highest BCUT2D eigenvalue weighted by atomic mass is 35.5. The molecule has 1 N–H and O–H groups in total. The number of halogens is 2. The summed E-state index contributed by atoms with van der Waals surface area (Å²) < 4.78 is 23.2. The first kappa shape index (κ1) is 24.6. The van der Waals surface area contributed by atoms with Gasteiger partial charge < -0.3 is 24.3 Å². The number of para-hydroxylation sites is 1. The molecule has 1 fully saturated rings. The van der Waals surface area contributed by atoms with E-state index in [-0.39, 0.29) is 37.0 Å². The molecule has 0 spiro atoms. The van der Waals surface area contributed by atoms with E-state index in [9.17, 15) is 0 Å². The molecule has 0 amide bonds. The number of benzene rings is 2. The van der Waals surface area contributed by atoms with Crippen LogP contribution in [0.5, 0.6) is 17.2 Å². The van der Waals surface area contributed by atoms with Crippen LogP contribution in [0.4, 0.5) is 0 Å². The fourth-order valence-corrected chi connectivity index (χ4v) is 4.00. The first-order valence-electron chi connectivity index (χ1n) is 9.78. The van der Waals surface area contributed by atoms with E-state index in [1.54, 1.807) is 14.2 Å². The summed E-state index contributed by atoms with van der Waals surface area (Å²) in [6.07, 6.45) is -0.0369. The minimum absolute atomic E-state index is 0. The lowest BCUT2D eigenvalue weighted by Gasteiger charge is -2.42. The van der Waals surface area contributed by atoms with Crippen LogP contribution in [0.25, 0.3) is 0 Å². The average molecular weight is 457 g/mol. The van der Waals surface area contributed by atoms with Crippen LogP contribution < -0.4 is 19.5 Å². The van der Waals surface area contributed by atoms with Crippen LogP contribution in [0, 0.1) is 0 Å². The predicted molar refractivity (Wildman–Crippen MR) is 122 cm³/mol. The maximum absolute atomic E-state index is 6.39. The average Bonchev–Trinajstić information content (AvgIpc) is 2.77. The molecule has 0 aromatic heterocycles. The van der Waals surface area contributed by atoms with Gasteiger partial charge in [-0.05, 0) is 23.8 Å². The summed E-state index contributed by atoms with van der Waals surface area (Å²) in [5.74, 6) is 2.50. The molecule has 0 aliphatic carbocycles. The first-order valence-corrected chi connectivity index (χ1v) is 9.78. The van der Waals surface area contributed by atoms with Gasteiger partial charge in [0.15, 0.2) is 0 Å². The van der Waals surface area contributed by atoms with Gasteiger partial charge in [0.25, 0.3) is 0 Å². The quantitative estimate of drug-likeness (QED) is 0.717. The van der Waals surface area contributed by atoms with Crippen molar-refractivity contribution in [2.45, 2.75) is 18.8 Å². The lowest BCUT2D eigenvalue weighted by atomic mass is 9.95.